The first kappa shape index (κ1) is 11.4. The maximum atomic E-state index is 5.93. The molecule has 2 unspecified atom stereocenters. The lowest BCUT2D eigenvalue weighted by molar-refractivity contribution is 0.560. The molecular formula is C10H13ClIN3. The van der Waals surface area contributed by atoms with Crippen LogP contribution in [0.3, 0.4) is 0 Å². The molecule has 0 aliphatic heterocycles. The van der Waals surface area contributed by atoms with E-state index in [2.05, 4.69) is 37.9 Å². The van der Waals surface area contributed by atoms with Gasteiger partial charge in [-0.15, -0.1) is 11.6 Å². The third-order valence-electron chi connectivity index (χ3n) is 2.85. The van der Waals surface area contributed by atoms with Crippen LogP contribution in [0, 0.1) is 9.49 Å². The number of hydrogen-bond donors (Lipinski definition) is 1. The highest BCUT2D eigenvalue weighted by molar-refractivity contribution is 14.1. The zero-order valence-electron chi connectivity index (χ0n) is 8.29. The molecule has 2 rings (SSSR count). The molecule has 15 heavy (non-hydrogen) atoms. The van der Waals surface area contributed by atoms with Gasteiger partial charge in [0.25, 0.3) is 0 Å². The molecule has 0 radical (unpaired) electrons. The molecule has 1 heterocycles. The van der Waals surface area contributed by atoms with Gasteiger partial charge in [0.15, 0.2) is 0 Å². The van der Waals surface area contributed by atoms with Crippen LogP contribution in [0.2, 0.25) is 0 Å². The van der Waals surface area contributed by atoms with Gasteiger partial charge in [-0.05, 0) is 41.4 Å². The van der Waals surface area contributed by atoms with Gasteiger partial charge < -0.3 is 5.32 Å². The molecule has 0 amide bonds. The number of nitrogens with zero attached hydrogens (tertiary/aromatic N) is 2. The minimum absolute atomic E-state index is 0.478. The molecule has 0 aromatic carbocycles. The van der Waals surface area contributed by atoms with Gasteiger partial charge in [0.05, 0.1) is 3.57 Å². The lowest BCUT2D eigenvalue weighted by Crippen LogP contribution is -2.26. The van der Waals surface area contributed by atoms with E-state index < -0.39 is 0 Å². The second-order valence-corrected chi connectivity index (χ2v) is 5.29. The minimum atomic E-state index is 0.478. The first-order valence-corrected chi connectivity index (χ1v) is 6.70. The lowest BCUT2D eigenvalue weighted by Gasteiger charge is -2.19. The van der Waals surface area contributed by atoms with Crippen molar-refractivity contribution in [1.29, 1.82) is 0 Å². The third kappa shape index (κ3) is 2.72. The molecule has 1 N–H and O–H groups in total. The number of alkyl halides is 1. The molecule has 0 bridgehead atoms. The summed E-state index contributed by atoms with van der Waals surface area (Å²) in [5.74, 6) is 2.25. The largest absolute Gasteiger partial charge is 0.366 e. The summed E-state index contributed by atoms with van der Waals surface area (Å²) >= 11 is 8.18. The fraction of sp³-hybridized carbons (Fsp3) is 0.600. The van der Waals surface area contributed by atoms with E-state index in [9.17, 15) is 0 Å². The van der Waals surface area contributed by atoms with Crippen LogP contribution in [0.25, 0.3) is 0 Å². The second kappa shape index (κ2) is 5.30. The molecular weight excluding hydrogens is 324 g/mol. The van der Waals surface area contributed by atoms with E-state index in [4.69, 9.17) is 11.6 Å². The van der Waals surface area contributed by atoms with Crippen molar-refractivity contribution in [1.82, 2.24) is 9.97 Å². The maximum absolute atomic E-state index is 5.93. The summed E-state index contributed by atoms with van der Waals surface area (Å²) in [7, 11) is 0. The Hall–Kier alpha value is -0.100. The molecule has 1 aliphatic carbocycles. The highest BCUT2D eigenvalue weighted by atomic mass is 127. The fourth-order valence-corrected chi connectivity index (χ4v) is 2.83. The summed E-state index contributed by atoms with van der Waals surface area (Å²) in [5, 5.41) is 3.47. The van der Waals surface area contributed by atoms with Crippen molar-refractivity contribution in [3.05, 3.63) is 16.1 Å². The highest BCUT2D eigenvalue weighted by Crippen LogP contribution is 2.29. The van der Waals surface area contributed by atoms with Crippen LogP contribution < -0.4 is 5.32 Å². The number of anilines is 1. The predicted octanol–water partition coefficient (Wildman–Crippen LogP) is 2.90. The highest BCUT2D eigenvalue weighted by Gasteiger charge is 2.26. The van der Waals surface area contributed by atoms with Crippen LogP contribution in [0.4, 0.5) is 5.82 Å². The SMILES string of the molecule is ClCC1CCCC1Nc1ncncc1I. The Morgan fingerprint density at radius 3 is 3.13 bits per heavy atom. The first-order valence-electron chi connectivity index (χ1n) is 5.09. The van der Waals surface area contributed by atoms with Gasteiger partial charge in [-0.3, -0.25) is 0 Å². The molecule has 5 heteroatoms. The van der Waals surface area contributed by atoms with Crippen molar-refractivity contribution in [2.75, 3.05) is 11.2 Å². The van der Waals surface area contributed by atoms with E-state index in [0.717, 1.165) is 15.3 Å². The molecule has 1 fully saturated rings. The van der Waals surface area contributed by atoms with E-state index in [-0.39, 0.29) is 0 Å². The molecule has 0 spiro atoms. The Bertz CT molecular complexity index is 334. The zero-order chi connectivity index (χ0) is 10.7. The van der Waals surface area contributed by atoms with Gasteiger partial charge in [-0.2, -0.15) is 0 Å². The monoisotopic (exact) mass is 337 g/mol. The van der Waals surface area contributed by atoms with Crippen molar-refractivity contribution in [2.45, 2.75) is 25.3 Å². The van der Waals surface area contributed by atoms with Crippen LogP contribution in [0.1, 0.15) is 19.3 Å². The van der Waals surface area contributed by atoms with Gasteiger partial charge in [0.2, 0.25) is 0 Å². The Kier molecular flexibility index (Phi) is 4.02. The standard InChI is InChI=1S/C10H13ClIN3/c11-4-7-2-1-3-9(7)15-10-8(12)5-13-6-14-10/h5-7,9H,1-4H2,(H,13,14,15). The minimum Gasteiger partial charge on any atom is -0.366 e. The molecule has 0 saturated heterocycles. The third-order valence-corrected chi connectivity index (χ3v) is 4.03. The smallest absolute Gasteiger partial charge is 0.143 e. The van der Waals surface area contributed by atoms with Gasteiger partial charge >= 0.3 is 0 Å². The average Bonchev–Trinajstić information content (AvgIpc) is 2.69. The number of hydrogen-bond acceptors (Lipinski definition) is 3. The number of nitrogens with one attached hydrogen (secondary N) is 1. The van der Waals surface area contributed by atoms with E-state index >= 15 is 0 Å². The van der Waals surface area contributed by atoms with Crippen molar-refractivity contribution in [3.8, 4) is 0 Å². The normalized spacial score (nSPS) is 25.5. The summed E-state index contributed by atoms with van der Waals surface area (Å²) in [6.07, 6.45) is 7.08. The van der Waals surface area contributed by atoms with Crippen LogP contribution in [-0.2, 0) is 0 Å². The van der Waals surface area contributed by atoms with E-state index in [1.807, 2.05) is 6.20 Å². The maximum Gasteiger partial charge on any atom is 0.143 e. The second-order valence-electron chi connectivity index (χ2n) is 3.82. The fourth-order valence-electron chi connectivity index (χ4n) is 2.01. The van der Waals surface area contributed by atoms with Crippen LogP contribution in [0.5, 0.6) is 0 Å². The molecule has 2 atom stereocenters. The molecule has 3 nitrogen and oxygen atoms in total. The summed E-state index contributed by atoms with van der Waals surface area (Å²) in [6.45, 7) is 0. The Morgan fingerprint density at radius 1 is 1.53 bits per heavy atom. The van der Waals surface area contributed by atoms with Crippen molar-refractivity contribution in [2.24, 2.45) is 5.92 Å². The Balaban J connectivity index is 2.05. The summed E-state index contributed by atoms with van der Waals surface area (Å²) < 4.78 is 1.07. The average molecular weight is 338 g/mol. The van der Waals surface area contributed by atoms with Crippen molar-refractivity contribution < 1.29 is 0 Å². The van der Waals surface area contributed by atoms with Crippen LogP contribution in [-0.4, -0.2) is 21.9 Å². The molecule has 1 aliphatic rings. The molecule has 1 aromatic rings. The number of halogens is 2. The van der Waals surface area contributed by atoms with Gasteiger partial charge in [0.1, 0.15) is 12.1 Å². The van der Waals surface area contributed by atoms with Crippen LogP contribution in [0.15, 0.2) is 12.5 Å². The summed E-state index contributed by atoms with van der Waals surface area (Å²) in [5.41, 5.74) is 0. The van der Waals surface area contributed by atoms with E-state index in [1.54, 1.807) is 6.33 Å². The Labute approximate surface area is 108 Å². The summed E-state index contributed by atoms with van der Waals surface area (Å²) in [6, 6.07) is 0.478. The quantitative estimate of drug-likeness (QED) is 0.681. The molecule has 82 valence electrons. The molecule has 1 aromatic heterocycles. The Morgan fingerprint density at radius 2 is 2.40 bits per heavy atom. The van der Waals surface area contributed by atoms with Gasteiger partial charge in [-0.1, -0.05) is 6.42 Å². The van der Waals surface area contributed by atoms with Crippen molar-refractivity contribution in [3.63, 3.8) is 0 Å². The van der Waals surface area contributed by atoms with Crippen molar-refractivity contribution >= 4 is 40.0 Å². The van der Waals surface area contributed by atoms with Crippen LogP contribution >= 0.6 is 34.2 Å². The van der Waals surface area contributed by atoms with E-state index in [1.165, 1.54) is 19.3 Å². The lowest BCUT2D eigenvalue weighted by atomic mass is 10.1. The molecule has 1 saturated carbocycles. The van der Waals surface area contributed by atoms with Gasteiger partial charge in [0, 0.05) is 18.1 Å². The topological polar surface area (TPSA) is 37.8 Å². The number of rotatable bonds is 3. The number of aromatic nitrogens is 2. The summed E-state index contributed by atoms with van der Waals surface area (Å²) in [4.78, 5) is 8.21. The predicted molar refractivity (Wildman–Crippen MR) is 70.2 cm³/mol. The zero-order valence-corrected chi connectivity index (χ0v) is 11.2. The van der Waals surface area contributed by atoms with E-state index in [0.29, 0.717) is 12.0 Å². The van der Waals surface area contributed by atoms with Gasteiger partial charge in [-0.25, -0.2) is 9.97 Å². The first-order chi connectivity index (χ1) is 7.31.